The molecule has 0 saturated carbocycles. The van der Waals surface area contributed by atoms with E-state index in [1.54, 1.807) is 6.20 Å². The average Bonchev–Trinajstić information content (AvgIpc) is 2.79. The monoisotopic (exact) mass is 300 g/mol. The summed E-state index contributed by atoms with van der Waals surface area (Å²) >= 11 is 6.01. The van der Waals surface area contributed by atoms with Gasteiger partial charge in [-0.3, -0.25) is 0 Å². The minimum Gasteiger partial charge on any atom is -0.399 e. The molecule has 2 aromatic heterocycles. The summed E-state index contributed by atoms with van der Waals surface area (Å²) in [5.41, 5.74) is 9.41. The second-order valence-corrected chi connectivity index (χ2v) is 5.54. The number of imidazole rings is 1. The second kappa shape index (κ2) is 5.74. The maximum absolute atomic E-state index is 6.01. The zero-order chi connectivity index (χ0) is 14.8. The van der Waals surface area contributed by atoms with Gasteiger partial charge in [0.05, 0.1) is 11.6 Å². The maximum Gasteiger partial charge on any atom is 0.160 e. The lowest BCUT2D eigenvalue weighted by molar-refractivity contribution is 0.717. The molecule has 108 valence electrons. The molecule has 0 unspecified atom stereocenters. The lowest BCUT2D eigenvalue weighted by atomic mass is 10.2. The van der Waals surface area contributed by atoms with Crippen molar-refractivity contribution in [3.05, 3.63) is 52.9 Å². The number of hydrogen-bond donors (Lipinski definition) is 1. The summed E-state index contributed by atoms with van der Waals surface area (Å²) in [5.74, 6) is 1.04. The van der Waals surface area contributed by atoms with E-state index in [0.29, 0.717) is 5.02 Å². The fourth-order valence-corrected chi connectivity index (χ4v) is 2.57. The van der Waals surface area contributed by atoms with Gasteiger partial charge in [-0.25, -0.2) is 9.97 Å². The van der Waals surface area contributed by atoms with Crippen LogP contribution >= 0.6 is 11.6 Å². The average molecular weight is 301 g/mol. The van der Waals surface area contributed by atoms with Crippen molar-refractivity contribution in [1.82, 2.24) is 14.5 Å². The molecule has 0 saturated heterocycles. The quantitative estimate of drug-likeness (QED) is 0.748. The number of fused-ring (bicyclic) bond motifs is 1. The zero-order valence-corrected chi connectivity index (χ0v) is 12.6. The molecule has 5 heteroatoms. The normalized spacial score (nSPS) is 11.1. The third-order valence-corrected chi connectivity index (χ3v) is 3.63. The van der Waals surface area contributed by atoms with Gasteiger partial charge in [0.1, 0.15) is 11.3 Å². The van der Waals surface area contributed by atoms with Crippen LogP contribution < -0.4 is 5.73 Å². The van der Waals surface area contributed by atoms with E-state index in [-0.39, 0.29) is 0 Å². The molecule has 4 nitrogen and oxygen atoms in total. The lowest BCUT2D eigenvalue weighted by Gasteiger charge is -2.08. The number of rotatable bonds is 4. The summed E-state index contributed by atoms with van der Waals surface area (Å²) in [6, 6.07) is 9.76. The molecular formula is C16H17ClN4. The fourth-order valence-electron chi connectivity index (χ4n) is 2.42. The van der Waals surface area contributed by atoms with E-state index in [9.17, 15) is 0 Å². The fraction of sp³-hybridized carbons (Fsp3) is 0.250. The Morgan fingerprint density at radius 3 is 2.71 bits per heavy atom. The standard InChI is InChI=1S/C16H17ClN4/c1-2-3-15-20-14-8-12(17)9-19-16(14)21(15)10-11-4-6-13(18)7-5-11/h4-9H,2-3,10,18H2,1H3. The number of halogens is 1. The van der Waals surface area contributed by atoms with Gasteiger partial charge in [-0.2, -0.15) is 0 Å². The number of anilines is 1. The molecule has 0 amide bonds. The first-order chi connectivity index (χ1) is 10.2. The Labute approximate surface area is 128 Å². The molecule has 3 aromatic rings. The number of nitrogens with two attached hydrogens (primary N) is 1. The minimum absolute atomic E-state index is 0.614. The number of aromatic nitrogens is 3. The zero-order valence-electron chi connectivity index (χ0n) is 11.9. The molecule has 0 aliphatic carbocycles. The van der Waals surface area contributed by atoms with Crippen molar-refractivity contribution in [1.29, 1.82) is 0 Å². The summed E-state index contributed by atoms with van der Waals surface area (Å²) < 4.78 is 2.15. The maximum atomic E-state index is 6.01. The van der Waals surface area contributed by atoms with Crippen molar-refractivity contribution < 1.29 is 0 Å². The first kappa shape index (κ1) is 13.9. The summed E-state index contributed by atoms with van der Waals surface area (Å²) in [4.78, 5) is 9.11. The van der Waals surface area contributed by atoms with E-state index in [1.165, 1.54) is 5.56 Å². The van der Waals surface area contributed by atoms with Crippen molar-refractivity contribution in [2.45, 2.75) is 26.3 Å². The molecule has 2 heterocycles. The van der Waals surface area contributed by atoms with Crippen molar-refractivity contribution in [2.24, 2.45) is 0 Å². The van der Waals surface area contributed by atoms with E-state index >= 15 is 0 Å². The van der Waals surface area contributed by atoms with Crippen LogP contribution in [0.15, 0.2) is 36.5 Å². The van der Waals surface area contributed by atoms with Crippen molar-refractivity contribution >= 4 is 28.5 Å². The predicted molar refractivity (Wildman–Crippen MR) is 86.5 cm³/mol. The largest absolute Gasteiger partial charge is 0.399 e. The highest BCUT2D eigenvalue weighted by molar-refractivity contribution is 6.31. The third-order valence-electron chi connectivity index (χ3n) is 3.42. The van der Waals surface area contributed by atoms with Gasteiger partial charge in [-0.05, 0) is 30.2 Å². The number of benzene rings is 1. The van der Waals surface area contributed by atoms with E-state index in [2.05, 4.69) is 21.5 Å². The van der Waals surface area contributed by atoms with Gasteiger partial charge >= 0.3 is 0 Å². The van der Waals surface area contributed by atoms with Gasteiger partial charge in [0, 0.05) is 18.3 Å². The van der Waals surface area contributed by atoms with Gasteiger partial charge in [-0.15, -0.1) is 0 Å². The van der Waals surface area contributed by atoms with Crippen LogP contribution in [0.1, 0.15) is 24.7 Å². The highest BCUT2D eigenvalue weighted by Gasteiger charge is 2.12. The van der Waals surface area contributed by atoms with Crippen LogP contribution in [0, 0.1) is 0 Å². The molecule has 0 aliphatic rings. The molecule has 0 aliphatic heterocycles. The predicted octanol–water partition coefficient (Wildman–Crippen LogP) is 3.67. The van der Waals surface area contributed by atoms with Crippen LogP contribution in [-0.4, -0.2) is 14.5 Å². The Morgan fingerprint density at radius 2 is 2.00 bits per heavy atom. The SMILES string of the molecule is CCCc1nc2cc(Cl)cnc2n1Cc1ccc(N)cc1. The Morgan fingerprint density at radius 1 is 1.24 bits per heavy atom. The Hall–Kier alpha value is -2.07. The Kier molecular flexibility index (Phi) is 3.80. The lowest BCUT2D eigenvalue weighted by Crippen LogP contribution is -2.06. The Bertz CT molecular complexity index is 762. The highest BCUT2D eigenvalue weighted by Crippen LogP contribution is 2.20. The van der Waals surface area contributed by atoms with Gasteiger partial charge < -0.3 is 10.3 Å². The van der Waals surface area contributed by atoms with Gasteiger partial charge in [0.2, 0.25) is 0 Å². The van der Waals surface area contributed by atoms with Gasteiger partial charge in [-0.1, -0.05) is 30.7 Å². The topological polar surface area (TPSA) is 56.7 Å². The summed E-state index contributed by atoms with van der Waals surface area (Å²) in [6.07, 6.45) is 3.63. The molecule has 2 N–H and O–H groups in total. The van der Waals surface area contributed by atoms with Crippen LogP contribution in [0.2, 0.25) is 5.02 Å². The van der Waals surface area contributed by atoms with Crippen molar-refractivity contribution in [3.8, 4) is 0 Å². The van der Waals surface area contributed by atoms with Crippen LogP contribution in [-0.2, 0) is 13.0 Å². The highest BCUT2D eigenvalue weighted by atomic mass is 35.5. The molecule has 21 heavy (non-hydrogen) atoms. The molecule has 0 spiro atoms. The molecule has 0 fully saturated rings. The van der Waals surface area contributed by atoms with E-state index in [4.69, 9.17) is 17.3 Å². The number of nitrogens with zero attached hydrogens (tertiary/aromatic N) is 3. The van der Waals surface area contributed by atoms with Gasteiger partial charge in [0.15, 0.2) is 5.65 Å². The third kappa shape index (κ3) is 2.85. The molecule has 3 rings (SSSR count). The van der Waals surface area contributed by atoms with E-state index in [1.807, 2.05) is 30.3 Å². The summed E-state index contributed by atoms with van der Waals surface area (Å²) in [7, 11) is 0. The number of nitrogen functional groups attached to an aromatic ring is 1. The van der Waals surface area contributed by atoms with E-state index < -0.39 is 0 Å². The first-order valence-corrected chi connectivity index (χ1v) is 7.40. The van der Waals surface area contributed by atoms with Crippen LogP contribution in [0.4, 0.5) is 5.69 Å². The van der Waals surface area contributed by atoms with Crippen molar-refractivity contribution in [2.75, 3.05) is 5.73 Å². The number of aryl methyl sites for hydroxylation is 1. The van der Waals surface area contributed by atoms with Crippen LogP contribution in [0.25, 0.3) is 11.2 Å². The van der Waals surface area contributed by atoms with Crippen LogP contribution in [0.5, 0.6) is 0 Å². The molecular weight excluding hydrogens is 284 g/mol. The molecule has 1 aromatic carbocycles. The molecule has 0 atom stereocenters. The Balaban J connectivity index is 2.06. The van der Waals surface area contributed by atoms with E-state index in [0.717, 1.165) is 42.1 Å². The minimum atomic E-state index is 0.614. The molecule has 0 bridgehead atoms. The smallest absolute Gasteiger partial charge is 0.160 e. The number of hydrogen-bond acceptors (Lipinski definition) is 3. The summed E-state index contributed by atoms with van der Waals surface area (Å²) in [6.45, 7) is 2.88. The number of pyridine rings is 1. The van der Waals surface area contributed by atoms with Crippen LogP contribution in [0.3, 0.4) is 0 Å². The second-order valence-electron chi connectivity index (χ2n) is 5.10. The summed E-state index contributed by atoms with van der Waals surface area (Å²) in [5, 5.41) is 0.614. The first-order valence-electron chi connectivity index (χ1n) is 7.02. The molecule has 0 radical (unpaired) electrons. The van der Waals surface area contributed by atoms with Gasteiger partial charge in [0.25, 0.3) is 0 Å². The van der Waals surface area contributed by atoms with Crippen molar-refractivity contribution in [3.63, 3.8) is 0 Å².